The van der Waals surface area contributed by atoms with Gasteiger partial charge in [0.05, 0.1) is 11.0 Å². The van der Waals surface area contributed by atoms with Gasteiger partial charge in [-0.15, -0.1) is 0 Å². The maximum Gasteiger partial charge on any atom is 0.329 e. The summed E-state index contributed by atoms with van der Waals surface area (Å²) >= 11 is 0. The van der Waals surface area contributed by atoms with E-state index in [0.717, 1.165) is 36.8 Å². The average molecular weight is 394 g/mol. The van der Waals surface area contributed by atoms with Crippen molar-refractivity contribution >= 4 is 22.9 Å². The fourth-order valence-corrected chi connectivity index (χ4v) is 4.01. The Kier molecular flexibility index (Phi) is 5.59. The number of carbonyl (C=O) groups excluding carboxylic acids is 1. The lowest BCUT2D eigenvalue weighted by molar-refractivity contribution is -0.122. The molecule has 0 spiro atoms. The summed E-state index contributed by atoms with van der Waals surface area (Å²) in [6, 6.07) is 9.44. The molecule has 4 rings (SSSR count). The van der Waals surface area contributed by atoms with Gasteiger partial charge in [-0.25, -0.2) is 14.8 Å². The number of piperidine rings is 1. The number of fused-ring (bicyclic) bond motifs is 1. The molecule has 1 atom stereocenters. The first-order valence-corrected chi connectivity index (χ1v) is 10.2. The van der Waals surface area contributed by atoms with Crippen molar-refractivity contribution in [2.24, 2.45) is 0 Å². The average Bonchev–Trinajstić information content (AvgIpc) is 3.01. The van der Waals surface area contributed by atoms with Crippen molar-refractivity contribution in [1.29, 1.82) is 0 Å². The van der Waals surface area contributed by atoms with Crippen molar-refractivity contribution in [2.75, 3.05) is 18.0 Å². The molecule has 1 N–H and O–H groups in total. The van der Waals surface area contributed by atoms with Gasteiger partial charge in [-0.1, -0.05) is 19.1 Å². The van der Waals surface area contributed by atoms with Crippen molar-refractivity contribution in [1.82, 2.24) is 24.4 Å². The first-order chi connectivity index (χ1) is 14.2. The number of amides is 1. The van der Waals surface area contributed by atoms with Crippen LogP contribution >= 0.6 is 0 Å². The highest BCUT2D eigenvalue weighted by Gasteiger charge is 2.23. The van der Waals surface area contributed by atoms with E-state index in [-0.39, 0.29) is 24.2 Å². The third-order valence-corrected chi connectivity index (χ3v) is 5.30. The van der Waals surface area contributed by atoms with Crippen LogP contribution in [0.25, 0.3) is 11.0 Å². The van der Waals surface area contributed by atoms with Gasteiger partial charge in [-0.3, -0.25) is 13.9 Å². The van der Waals surface area contributed by atoms with Gasteiger partial charge in [0.15, 0.2) is 0 Å². The summed E-state index contributed by atoms with van der Waals surface area (Å²) < 4.78 is 3.32. The maximum absolute atomic E-state index is 12.9. The third kappa shape index (κ3) is 4.01. The first kappa shape index (κ1) is 19.2. The van der Waals surface area contributed by atoms with E-state index >= 15 is 0 Å². The lowest BCUT2D eigenvalue weighted by atomic mass is 10.1. The Morgan fingerprint density at radius 3 is 2.59 bits per heavy atom. The van der Waals surface area contributed by atoms with E-state index in [2.05, 4.69) is 20.2 Å². The standard InChI is InChI=1S/C21H26N6O2/c1-2-12-26-17-8-3-4-9-18(17)27(21(26)29)15-19(28)24-16-7-5-13-25(14-16)20-22-10-6-11-23-20/h3-4,6,8-11,16H,2,5,7,12-15H2,1H3,(H,24,28)/t16-/m1/s1. The molecule has 0 unspecified atom stereocenters. The Bertz CT molecular complexity index is 1040. The Morgan fingerprint density at radius 2 is 1.86 bits per heavy atom. The SMILES string of the molecule is CCCn1c(=O)n(CC(=O)N[C@@H]2CCCN(c3ncccn3)C2)c2ccccc21. The first-order valence-electron chi connectivity index (χ1n) is 10.2. The maximum atomic E-state index is 12.9. The molecule has 0 bridgehead atoms. The lowest BCUT2D eigenvalue weighted by Crippen LogP contribution is -2.49. The number of aryl methyl sites for hydroxylation is 1. The van der Waals surface area contributed by atoms with Gasteiger partial charge >= 0.3 is 5.69 Å². The van der Waals surface area contributed by atoms with Crippen LogP contribution in [0.1, 0.15) is 26.2 Å². The van der Waals surface area contributed by atoms with Gasteiger partial charge < -0.3 is 10.2 Å². The molecule has 0 radical (unpaired) electrons. The predicted octanol–water partition coefficient (Wildman–Crippen LogP) is 1.79. The molecule has 1 fully saturated rings. The second-order valence-electron chi connectivity index (χ2n) is 7.41. The molecule has 0 saturated carbocycles. The van der Waals surface area contributed by atoms with Crippen LogP contribution in [-0.4, -0.2) is 44.1 Å². The van der Waals surface area contributed by atoms with Crippen LogP contribution in [0.15, 0.2) is 47.5 Å². The summed E-state index contributed by atoms with van der Waals surface area (Å²) in [6.45, 7) is 4.25. The van der Waals surface area contributed by atoms with Crippen molar-refractivity contribution in [3.05, 3.63) is 53.2 Å². The Labute approximate surface area is 169 Å². The summed E-state index contributed by atoms with van der Waals surface area (Å²) in [6.07, 6.45) is 6.17. The van der Waals surface area contributed by atoms with Gasteiger partial charge in [-0.05, 0) is 37.5 Å². The monoisotopic (exact) mass is 394 g/mol. The summed E-state index contributed by atoms with van der Waals surface area (Å²) in [5.74, 6) is 0.539. The lowest BCUT2D eigenvalue weighted by Gasteiger charge is -2.33. The molecule has 0 aliphatic carbocycles. The van der Waals surface area contributed by atoms with Crippen LogP contribution in [0.3, 0.4) is 0 Å². The van der Waals surface area contributed by atoms with Crippen molar-refractivity contribution in [2.45, 2.75) is 45.3 Å². The van der Waals surface area contributed by atoms with Gasteiger partial charge in [0.25, 0.3) is 0 Å². The van der Waals surface area contributed by atoms with E-state index in [1.54, 1.807) is 27.6 Å². The summed E-state index contributed by atoms with van der Waals surface area (Å²) in [7, 11) is 0. The van der Waals surface area contributed by atoms with Crippen molar-refractivity contribution < 1.29 is 4.79 Å². The zero-order valence-corrected chi connectivity index (χ0v) is 16.6. The van der Waals surface area contributed by atoms with Crippen LogP contribution in [-0.2, 0) is 17.9 Å². The number of hydrogen-bond acceptors (Lipinski definition) is 5. The Balaban J connectivity index is 1.48. The summed E-state index contributed by atoms with van der Waals surface area (Å²) in [5.41, 5.74) is 1.53. The highest BCUT2D eigenvalue weighted by atomic mass is 16.2. The van der Waals surface area contributed by atoms with Crippen molar-refractivity contribution in [3.8, 4) is 0 Å². The zero-order valence-electron chi connectivity index (χ0n) is 16.6. The quantitative estimate of drug-likeness (QED) is 0.689. The second-order valence-corrected chi connectivity index (χ2v) is 7.41. The number of para-hydroxylation sites is 2. The van der Waals surface area contributed by atoms with Gasteiger partial charge in [0.2, 0.25) is 11.9 Å². The molecule has 1 aliphatic rings. The molecule has 1 aromatic carbocycles. The number of benzene rings is 1. The number of rotatable bonds is 6. The molecule has 1 saturated heterocycles. The molecule has 2 aromatic heterocycles. The van der Waals surface area contributed by atoms with E-state index in [1.807, 2.05) is 31.2 Å². The predicted molar refractivity (Wildman–Crippen MR) is 112 cm³/mol. The normalized spacial score (nSPS) is 16.9. The molecule has 152 valence electrons. The van der Waals surface area contributed by atoms with Crippen LogP contribution < -0.4 is 15.9 Å². The van der Waals surface area contributed by atoms with Crippen LogP contribution in [0, 0.1) is 0 Å². The van der Waals surface area contributed by atoms with Crippen LogP contribution in [0.4, 0.5) is 5.95 Å². The molecular formula is C21H26N6O2. The number of carbonyl (C=O) groups is 1. The van der Waals surface area contributed by atoms with Gasteiger partial charge in [0.1, 0.15) is 6.54 Å². The highest BCUT2D eigenvalue weighted by molar-refractivity contribution is 5.81. The van der Waals surface area contributed by atoms with E-state index in [1.165, 1.54) is 0 Å². The van der Waals surface area contributed by atoms with E-state index in [4.69, 9.17) is 0 Å². The van der Waals surface area contributed by atoms with E-state index < -0.39 is 0 Å². The minimum atomic E-state index is -0.146. The third-order valence-electron chi connectivity index (χ3n) is 5.30. The number of nitrogens with zero attached hydrogens (tertiary/aromatic N) is 5. The largest absolute Gasteiger partial charge is 0.350 e. The molecule has 1 amide bonds. The minimum absolute atomic E-state index is 0.0137. The number of imidazole rings is 1. The van der Waals surface area contributed by atoms with Gasteiger partial charge in [-0.2, -0.15) is 0 Å². The van der Waals surface area contributed by atoms with E-state index in [9.17, 15) is 9.59 Å². The molecule has 3 heterocycles. The Hall–Kier alpha value is -3.16. The molecule has 8 heteroatoms. The number of aromatic nitrogens is 4. The number of hydrogen-bond donors (Lipinski definition) is 1. The summed E-state index contributed by atoms with van der Waals surface area (Å²) in [5, 5.41) is 3.10. The van der Waals surface area contributed by atoms with Crippen LogP contribution in [0.5, 0.6) is 0 Å². The smallest absolute Gasteiger partial charge is 0.329 e. The molecule has 3 aromatic rings. The fraction of sp³-hybridized carbons (Fsp3) is 0.429. The zero-order chi connectivity index (χ0) is 20.2. The Morgan fingerprint density at radius 1 is 1.14 bits per heavy atom. The second kappa shape index (κ2) is 8.46. The highest BCUT2D eigenvalue weighted by Crippen LogP contribution is 2.16. The van der Waals surface area contributed by atoms with Crippen LogP contribution in [0.2, 0.25) is 0 Å². The summed E-state index contributed by atoms with van der Waals surface area (Å²) in [4.78, 5) is 36.3. The molecule has 1 aliphatic heterocycles. The molecule has 8 nitrogen and oxygen atoms in total. The molecular weight excluding hydrogens is 368 g/mol. The topological polar surface area (TPSA) is 85.0 Å². The van der Waals surface area contributed by atoms with Gasteiger partial charge in [0, 0.05) is 38.1 Å². The minimum Gasteiger partial charge on any atom is -0.350 e. The number of anilines is 1. The van der Waals surface area contributed by atoms with Crippen molar-refractivity contribution in [3.63, 3.8) is 0 Å². The molecule has 29 heavy (non-hydrogen) atoms. The fourth-order valence-electron chi connectivity index (χ4n) is 4.01. The van der Waals surface area contributed by atoms with E-state index in [0.29, 0.717) is 19.0 Å². The number of nitrogens with one attached hydrogen (secondary N) is 1.